The molecule has 9 heteroatoms. The highest BCUT2D eigenvalue weighted by Gasteiger charge is 2.28. The Balaban J connectivity index is 1.74. The number of carbonyl (C=O) groups is 1. The van der Waals surface area contributed by atoms with Gasteiger partial charge in [0.2, 0.25) is 0 Å². The van der Waals surface area contributed by atoms with Gasteiger partial charge in [-0.05, 0) is 49.8 Å². The molecular weight excluding hydrogens is 450 g/mol. The van der Waals surface area contributed by atoms with Crippen molar-refractivity contribution in [2.24, 2.45) is 0 Å². The number of aromatic nitrogens is 2. The van der Waals surface area contributed by atoms with Crippen molar-refractivity contribution in [3.8, 4) is 17.6 Å². The van der Waals surface area contributed by atoms with Gasteiger partial charge < -0.3 is 14.5 Å². The zero-order valence-electron chi connectivity index (χ0n) is 17.8. The maximum absolute atomic E-state index is 13.2. The second-order valence-corrected chi connectivity index (χ2v) is 9.10. The molecule has 1 N–H and O–H groups in total. The number of nitrogens with one attached hydrogen (secondary N) is 1. The van der Waals surface area contributed by atoms with Gasteiger partial charge >= 0.3 is 0 Å². The van der Waals surface area contributed by atoms with E-state index in [0.29, 0.717) is 28.3 Å². The first-order valence-corrected chi connectivity index (χ1v) is 11.7. The normalized spacial score (nSPS) is 13.9. The van der Waals surface area contributed by atoms with Crippen molar-refractivity contribution in [2.45, 2.75) is 44.9 Å². The van der Waals surface area contributed by atoms with E-state index >= 15 is 0 Å². The Morgan fingerprint density at radius 1 is 1.38 bits per heavy atom. The maximum atomic E-state index is 13.2. The highest BCUT2D eigenvalue weighted by Crippen LogP contribution is 2.38. The number of rotatable bonds is 7. The first kappa shape index (κ1) is 22.3. The van der Waals surface area contributed by atoms with E-state index in [1.165, 1.54) is 35.5 Å². The van der Waals surface area contributed by atoms with Crippen molar-refractivity contribution in [2.75, 3.05) is 13.7 Å². The van der Waals surface area contributed by atoms with Crippen LogP contribution in [0.5, 0.6) is 11.5 Å². The third-order valence-corrected chi connectivity index (χ3v) is 6.94. The summed E-state index contributed by atoms with van der Waals surface area (Å²) >= 11 is 7.81. The Morgan fingerprint density at radius 2 is 2.16 bits per heavy atom. The predicted molar refractivity (Wildman–Crippen MR) is 123 cm³/mol. The summed E-state index contributed by atoms with van der Waals surface area (Å²) in [6.07, 6.45) is 4.69. The van der Waals surface area contributed by atoms with Crippen LogP contribution in [-0.4, -0.2) is 29.5 Å². The Labute approximate surface area is 194 Å². The van der Waals surface area contributed by atoms with Crippen LogP contribution in [0, 0.1) is 11.3 Å². The van der Waals surface area contributed by atoms with Gasteiger partial charge in [0.1, 0.15) is 10.7 Å². The molecule has 0 saturated carbocycles. The fraction of sp³-hybridized carbons (Fsp3) is 0.391. The van der Waals surface area contributed by atoms with Crippen LogP contribution < -0.4 is 15.0 Å². The summed E-state index contributed by atoms with van der Waals surface area (Å²) < 4.78 is 11.0. The lowest BCUT2D eigenvalue weighted by atomic mass is 9.96. The molecule has 32 heavy (non-hydrogen) atoms. The molecule has 166 valence electrons. The van der Waals surface area contributed by atoms with E-state index < -0.39 is 11.7 Å². The monoisotopic (exact) mass is 471 g/mol. The Bertz CT molecular complexity index is 1290. The van der Waals surface area contributed by atoms with Gasteiger partial charge in [-0.25, -0.2) is 4.98 Å². The van der Waals surface area contributed by atoms with Crippen LogP contribution >= 0.6 is 22.9 Å². The molecule has 0 radical (unpaired) electrons. The summed E-state index contributed by atoms with van der Waals surface area (Å²) in [4.78, 5) is 35.0. The minimum absolute atomic E-state index is 0.0370. The minimum Gasteiger partial charge on any atom is -0.493 e. The number of aromatic amines is 1. The largest absolute Gasteiger partial charge is 0.493 e. The first-order valence-electron chi connectivity index (χ1n) is 10.5. The number of hydrogen-bond donors (Lipinski definition) is 1. The van der Waals surface area contributed by atoms with Gasteiger partial charge in [0.05, 0.1) is 30.2 Å². The van der Waals surface area contributed by atoms with E-state index in [4.69, 9.17) is 21.1 Å². The van der Waals surface area contributed by atoms with Crippen molar-refractivity contribution in [1.82, 2.24) is 9.97 Å². The molecule has 1 aliphatic carbocycles. The van der Waals surface area contributed by atoms with Gasteiger partial charge in [0.25, 0.3) is 5.56 Å². The van der Waals surface area contributed by atoms with E-state index in [1.54, 1.807) is 0 Å². The second-order valence-electron chi connectivity index (χ2n) is 7.61. The summed E-state index contributed by atoms with van der Waals surface area (Å²) in [6, 6.07) is 4.92. The van der Waals surface area contributed by atoms with Gasteiger partial charge in [0, 0.05) is 10.4 Å². The lowest BCUT2D eigenvalue weighted by Gasteiger charge is -2.14. The number of benzene rings is 1. The predicted octanol–water partition coefficient (Wildman–Crippen LogP) is 4.80. The molecule has 0 spiro atoms. The lowest BCUT2D eigenvalue weighted by molar-refractivity contribution is 0.0976. The van der Waals surface area contributed by atoms with Crippen LogP contribution in [0.4, 0.5) is 0 Å². The summed E-state index contributed by atoms with van der Waals surface area (Å²) in [5.41, 5.74) is 0.919. The number of fused-ring (bicyclic) bond motifs is 3. The van der Waals surface area contributed by atoms with Gasteiger partial charge in [-0.1, -0.05) is 18.5 Å². The average molecular weight is 472 g/mol. The third-order valence-electron chi connectivity index (χ3n) is 5.47. The number of hydrogen-bond acceptors (Lipinski definition) is 7. The molecule has 0 saturated heterocycles. The number of nitriles is 1. The van der Waals surface area contributed by atoms with Crippen LogP contribution in [0.15, 0.2) is 16.9 Å². The van der Waals surface area contributed by atoms with Gasteiger partial charge in [0.15, 0.2) is 23.2 Å². The smallest absolute Gasteiger partial charge is 0.259 e. The number of nitrogens with zero attached hydrogens (tertiary/aromatic N) is 2. The molecule has 4 rings (SSSR count). The molecular formula is C23H22ClN3O4S. The number of ketones is 1. The zero-order chi connectivity index (χ0) is 22.8. The molecule has 7 nitrogen and oxygen atoms in total. The van der Waals surface area contributed by atoms with Gasteiger partial charge in [-0.15, -0.1) is 11.3 Å². The topological polar surface area (TPSA) is 105 Å². The number of carbonyl (C=O) groups excluding carboxylic acids is 1. The molecule has 1 aliphatic rings. The quantitative estimate of drug-likeness (QED) is 0.496. The number of methoxy groups -OCH3 is 1. The Morgan fingerprint density at radius 3 is 2.88 bits per heavy atom. The summed E-state index contributed by atoms with van der Waals surface area (Å²) in [7, 11) is 1.45. The van der Waals surface area contributed by atoms with E-state index in [1.807, 2.05) is 13.0 Å². The Hall–Kier alpha value is -2.89. The molecule has 2 heterocycles. The number of thiophene rings is 1. The number of ether oxygens (including phenoxy) is 2. The molecule has 2 aromatic heterocycles. The first-order chi connectivity index (χ1) is 15.5. The Kier molecular flexibility index (Phi) is 6.49. The van der Waals surface area contributed by atoms with Crippen molar-refractivity contribution in [1.29, 1.82) is 5.26 Å². The maximum Gasteiger partial charge on any atom is 0.259 e. The van der Waals surface area contributed by atoms with Crippen molar-refractivity contribution < 1.29 is 14.3 Å². The van der Waals surface area contributed by atoms with Crippen LogP contribution in [0.3, 0.4) is 0 Å². The van der Waals surface area contributed by atoms with Gasteiger partial charge in [-0.3, -0.25) is 9.59 Å². The molecule has 0 bridgehead atoms. The number of aryl methyl sites for hydroxylation is 2. The molecule has 1 aromatic carbocycles. The molecule has 0 aliphatic heterocycles. The van der Waals surface area contributed by atoms with E-state index in [0.717, 1.165) is 37.7 Å². The summed E-state index contributed by atoms with van der Waals surface area (Å²) in [5.74, 6) is -1.13. The molecule has 1 unspecified atom stereocenters. The van der Waals surface area contributed by atoms with E-state index in [-0.39, 0.29) is 22.0 Å². The van der Waals surface area contributed by atoms with E-state index in [2.05, 4.69) is 9.97 Å². The number of halogens is 1. The highest BCUT2D eigenvalue weighted by atomic mass is 35.5. The zero-order valence-corrected chi connectivity index (χ0v) is 19.4. The SMILES string of the molecule is CCCOc1c(Cl)cc(C(=O)C(C#N)c2nc3sc4c(c3c(=O)[nH]2)CCCC4)cc1OC. The van der Waals surface area contributed by atoms with Crippen LogP contribution in [-0.2, 0) is 12.8 Å². The van der Waals surface area contributed by atoms with Gasteiger partial charge in [-0.2, -0.15) is 5.26 Å². The lowest BCUT2D eigenvalue weighted by Crippen LogP contribution is -2.20. The molecule has 3 aromatic rings. The van der Waals surface area contributed by atoms with Crippen molar-refractivity contribution >= 4 is 38.9 Å². The summed E-state index contributed by atoms with van der Waals surface area (Å²) in [6.45, 7) is 2.41. The second kappa shape index (κ2) is 9.31. The fourth-order valence-electron chi connectivity index (χ4n) is 3.93. The third kappa shape index (κ3) is 3.98. The average Bonchev–Trinajstić information content (AvgIpc) is 3.17. The highest BCUT2D eigenvalue weighted by molar-refractivity contribution is 7.18. The number of Topliss-reactive ketones (excluding diaryl/α,β-unsaturated/α-hetero) is 1. The van der Waals surface area contributed by atoms with Crippen molar-refractivity contribution in [3.05, 3.63) is 49.3 Å². The minimum atomic E-state index is -1.28. The molecule has 0 fully saturated rings. The molecule has 0 amide bonds. The van der Waals surface area contributed by atoms with Crippen LogP contribution in [0.1, 0.15) is 58.7 Å². The number of H-pyrrole nitrogens is 1. The summed E-state index contributed by atoms with van der Waals surface area (Å²) in [5, 5.41) is 10.6. The standard InChI is InChI=1S/C23H22ClN3O4S/c1-3-8-31-20-15(24)9-12(10-16(20)30-2)19(28)14(11-25)21-26-22(29)18-13-6-4-5-7-17(13)32-23(18)27-21/h9-10,14H,3-8H2,1-2H3,(H,26,27,29). The van der Waals surface area contributed by atoms with E-state index in [9.17, 15) is 14.9 Å². The molecule has 1 atom stereocenters. The van der Waals surface area contributed by atoms with Crippen molar-refractivity contribution in [3.63, 3.8) is 0 Å². The fourth-order valence-corrected chi connectivity index (χ4v) is 5.47. The van der Waals surface area contributed by atoms with Crippen LogP contribution in [0.2, 0.25) is 5.02 Å². The van der Waals surface area contributed by atoms with Crippen LogP contribution in [0.25, 0.3) is 10.2 Å².